The Morgan fingerprint density at radius 3 is 2.79 bits per heavy atom. The Labute approximate surface area is 112 Å². The Hall–Kier alpha value is -2.11. The number of pyridine rings is 1. The van der Waals surface area contributed by atoms with E-state index in [2.05, 4.69) is 15.0 Å². The molecule has 0 saturated heterocycles. The average molecular weight is 265 g/mol. The first kappa shape index (κ1) is 14.9. The molecule has 1 atom stereocenters. The van der Waals surface area contributed by atoms with E-state index < -0.39 is 0 Å². The van der Waals surface area contributed by atoms with Gasteiger partial charge in [-0.3, -0.25) is 14.6 Å². The lowest BCUT2D eigenvalue weighted by atomic mass is 10.1. The topological polar surface area (TPSA) is 71.5 Å². The summed E-state index contributed by atoms with van der Waals surface area (Å²) in [6, 6.07) is 3.47. The van der Waals surface area contributed by atoms with Gasteiger partial charge >= 0.3 is 5.97 Å². The second-order valence-electron chi connectivity index (χ2n) is 4.28. The number of nitrogens with zero attached hydrogens (tertiary/aromatic N) is 2. The van der Waals surface area contributed by atoms with Crippen molar-refractivity contribution in [1.82, 2.24) is 10.3 Å². The van der Waals surface area contributed by atoms with Crippen molar-refractivity contribution in [3.8, 4) is 0 Å². The summed E-state index contributed by atoms with van der Waals surface area (Å²) >= 11 is 0. The van der Waals surface area contributed by atoms with E-state index in [0.29, 0.717) is 12.2 Å². The van der Waals surface area contributed by atoms with Gasteiger partial charge in [-0.15, -0.1) is 0 Å². The van der Waals surface area contributed by atoms with Gasteiger partial charge in [-0.05, 0) is 12.1 Å². The van der Waals surface area contributed by atoms with Crippen molar-refractivity contribution >= 4 is 17.6 Å². The molecule has 1 aromatic heterocycles. The van der Waals surface area contributed by atoms with E-state index in [4.69, 9.17) is 0 Å². The largest absolute Gasteiger partial charge is 0.469 e. The van der Waals surface area contributed by atoms with Crippen LogP contribution in [0, 0.1) is 5.92 Å². The van der Waals surface area contributed by atoms with Crippen LogP contribution < -0.4 is 10.2 Å². The third-order valence-corrected chi connectivity index (χ3v) is 2.80. The molecule has 0 fully saturated rings. The van der Waals surface area contributed by atoms with Crippen molar-refractivity contribution < 1.29 is 14.3 Å². The lowest BCUT2D eigenvalue weighted by molar-refractivity contribution is -0.144. The van der Waals surface area contributed by atoms with Gasteiger partial charge in [0.25, 0.3) is 5.91 Å². The molecule has 6 heteroatoms. The second-order valence-corrected chi connectivity index (χ2v) is 4.28. The van der Waals surface area contributed by atoms with Gasteiger partial charge in [0.15, 0.2) is 0 Å². The second kappa shape index (κ2) is 6.72. The van der Waals surface area contributed by atoms with Crippen LogP contribution in [0.5, 0.6) is 0 Å². The van der Waals surface area contributed by atoms with Gasteiger partial charge < -0.3 is 15.0 Å². The number of carbonyl (C=O) groups is 2. The maximum Gasteiger partial charge on any atom is 0.310 e. The highest BCUT2D eigenvalue weighted by molar-refractivity contribution is 5.92. The van der Waals surface area contributed by atoms with Gasteiger partial charge in [0.1, 0.15) is 5.69 Å². The Balaban J connectivity index is 2.79. The quantitative estimate of drug-likeness (QED) is 0.793. The predicted molar refractivity (Wildman–Crippen MR) is 72.1 cm³/mol. The zero-order valence-electron chi connectivity index (χ0n) is 11.6. The highest BCUT2D eigenvalue weighted by Gasteiger charge is 2.16. The first-order valence-electron chi connectivity index (χ1n) is 5.96. The molecule has 1 rings (SSSR count). The van der Waals surface area contributed by atoms with Crippen LogP contribution in [-0.2, 0) is 9.53 Å². The predicted octanol–water partition coefficient (Wildman–Crippen LogP) is 0.686. The van der Waals surface area contributed by atoms with Crippen molar-refractivity contribution in [1.29, 1.82) is 0 Å². The summed E-state index contributed by atoms with van der Waals surface area (Å²) in [5, 5.41) is 2.52. The molecule has 0 radical (unpaired) electrons. The Morgan fingerprint density at radius 2 is 2.21 bits per heavy atom. The fourth-order valence-corrected chi connectivity index (χ4v) is 1.70. The maximum atomic E-state index is 11.5. The van der Waals surface area contributed by atoms with E-state index in [1.807, 2.05) is 11.9 Å². The van der Waals surface area contributed by atoms with Gasteiger partial charge in [-0.25, -0.2) is 0 Å². The summed E-state index contributed by atoms with van der Waals surface area (Å²) in [5.41, 5.74) is 1.17. The SMILES string of the molecule is CNC(=O)c1cc(N(C)CC(C)C(=O)OC)ccn1. The fraction of sp³-hybridized carbons (Fsp3) is 0.462. The molecule has 1 aromatic rings. The van der Waals surface area contributed by atoms with Crippen LogP contribution in [0.2, 0.25) is 0 Å². The number of hydrogen-bond acceptors (Lipinski definition) is 5. The molecule has 1 heterocycles. The molecule has 1 N–H and O–H groups in total. The molecule has 6 nitrogen and oxygen atoms in total. The molecule has 0 spiro atoms. The van der Waals surface area contributed by atoms with Crippen LogP contribution in [0.25, 0.3) is 0 Å². The minimum Gasteiger partial charge on any atom is -0.469 e. The summed E-state index contributed by atoms with van der Waals surface area (Å²) < 4.78 is 4.69. The number of aromatic nitrogens is 1. The van der Waals surface area contributed by atoms with Gasteiger partial charge in [0.05, 0.1) is 13.0 Å². The molecule has 19 heavy (non-hydrogen) atoms. The van der Waals surface area contributed by atoms with Gasteiger partial charge in [0, 0.05) is 32.5 Å². The van der Waals surface area contributed by atoms with Gasteiger partial charge in [-0.1, -0.05) is 6.92 Å². The van der Waals surface area contributed by atoms with E-state index in [1.54, 1.807) is 32.3 Å². The monoisotopic (exact) mass is 265 g/mol. The van der Waals surface area contributed by atoms with E-state index in [1.165, 1.54) is 7.11 Å². The molecular weight excluding hydrogens is 246 g/mol. The molecule has 0 aliphatic carbocycles. The molecule has 0 aromatic carbocycles. The molecule has 0 aliphatic heterocycles. The van der Waals surface area contributed by atoms with Crippen LogP contribution in [0.3, 0.4) is 0 Å². The molecule has 0 bridgehead atoms. The average Bonchev–Trinajstić information content (AvgIpc) is 2.45. The number of rotatable bonds is 5. The molecule has 0 aliphatic rings. The number of amides is 1. The Bertz CT molecular complexity index is 462. The highest BCUT2D eigenvalue weighted by Crippen LogP contribution is 2.15. The van der Waals surface area contributed by atoms with Crippen molar-refractivity contribution in [3.63, 3.8) is 0 Å². The first-order valence-corrected chi connectivity index (χ1v) is 5.96. The summed E-state index contributed by atoms with van der Waals surface area (Å²) in [7, 11) is 4.77. The number of methoxy groups -OCH3 is 1. The van der Waals surface area contributed by atoms with Gasteiger partial charge in [-0.2, -0.15) is 0 Å². The summed E-state index contributed by atoms with van der Waals surface area (Å²) in [4.78, 5) is 28.8. The van der Waals surface area contributed by atoms with E-state index in [0.717, 1.165) is 5.69 Å². The minimum atomic E-state index is -0.257. The van der Waals surface area contributed by atoms with Crippen LogP contribution >= 0.6 is 0 Å². The number of hydrogen-bond donors (Lipinski definition) is 1. The molecule has 1 amide bonds. The number of carbonyl (C=O) groups excluding carboxylic acids is 2. The zero-order valence-corrected chi connectivity index (χ0v) is 11.6. The van der Waals surface area contributed by atoms with E-state index in [-0.39, 0.29) is 17.8 Å². The third kappa shape index (κ3) is 3.94. The first-order chi connectivity index (χ1) is 8.99. The molecule has 1 unspecified atom stereocenters. The van der Waals surface area contributed by atoms with Gasteiger partial charge in [0.2, 0.25) is 0 Å². The zero-order chi connectivity index (χ0) is 14.4. The molecule has 104 valence electrons. The maximum absolute atomic E-state index is 11.5. The summed E-state index contributed by atoms with van der Waals surface area (Å²) in [6.45, 7) is 2.30. The summed E-state index contributed by atoms with van der Waals surface area (Å²) in [6.07, 6.45) is 1.57. The van der Waals surface area contributed by atoms with Crippen LogP contribution in [0.4, 0.5) is 5.69 Å². The number of anilines is 1. The fourth-order valence-electron chi connectivity index (χ4n) is 1.70. The van der Waals surface area contributed by atoms with Crippen LogP contribution in [-0.4, -0.2) is 44.6 Å². The van der Waals surface area contributed by atoms with Crippen molar-refractivity contribution in [2.75, 3.05) is 32.6 Å². The van der Waals surface area contributed by atoms with Crippen LogP contribution in [0.15, 0.2) is 18.3 Å². The smallest absolute Gasteiger partial charge is 0.310 e. The highest BCUT2D eigenvalue weighted by atomic mass is 16.5. The van der Waals surface area contributed by atoms with Crippen molar-refractivity contribution in [2.45, 2.75) is 6.92 Å². The minimum absolute atomic E-state index is 0.240. The number of esters is 1. The van der Waals surface area contributed by atoms with E-state index >= 15 is 0 Å². The van der Waals surface area contributed by atoms with Crippen LogP contribution in [0.1, 0.15) is 17.4 Å². The number of nitrogens with one attached hydrogen (secondary N) is 1. The molecular formula is C13H19N3O3. The molecule has 0 saturated carbocycles. The standard InChI is InChI=1S/C13H19N3O3/c1-9(13(18)19-4)8-16(3)10-5-6-15-11(7-10)12(17)14-2/h5-7,9H,8H2,1-4H3,(H,14,17). The lowest BCUT2D eigenvalue weighted by Crippen LogP contribution is -2.29. The number of ether oxygens (including phenoxy) is 1. The Morgan fingerprint density at radius 1 is 1.53 bits per heavy atom. The normalized spacial score (nSPS) is 11.6. The third-order valence-electron chi connectivity index (χ3n) is 2.80. The summed E-state index contributed by atoms with van der Waals surface area (Å²) in [5.74, 6) is -0.740. The van der Waals surface area contributed by atoms with Crippen molar-refractivity contribution in [2.24, 2.45) is 5.92 Å². The van der Waals surface area contributed by atoms with E-state index in [9.17, 15) is 9.59 Å². The van der Waals surface area contributed by atoms with Crippen molar-refractivity contribution in [3.05, 3.63) is 24.0 Å². The lowest BCUT2D eigenvalue weighted by Gasteiger charge is -2.22. The Kier molecular flexibility index (Phi) is 5.29.